The zero-order chi connectivity index (χ0) is 16.8. The number of hydrogen-bond donors (Lipinski definition) is 2. The van der Waals surface area contributed by atoms with Gasteiger partial charge >= 0.3 is 5.97 Å². The molecule has 0 saturated carbocycles. The molecule has 1 saturated heterocycles. The number of likely N-dealkylation sites (tertiary alicyclic amines) is 1. The molecule has 0 aromatic heterocycles. The van der Waals surface area contributed by atoms with Crippen molar-refractivity contribution in [1.29, 1.82) is 0 Å². The summed E-state index contributed by atoms with van der Waals surface area (Å²) in [5.41, 5.74) is 1.21. The van der Waals surface area contributed by atoms with Crippen molar-refractivity contribution in [1.82, 2.24) is 10.2 Å². The van der Waals surface area contributed by atoms with Gasteiger partial charge in [-0.1, -0.05) is 37.3 Å². The molecule has 1 heterocycles. The zero-order valence-electron chi connectivity index (χ0n) is 13.9. The molecule has 0 aliphatic carbocycles. The maximum atomic E-state index is 12.3. The number of carbonyl (C=O) groups excluding carboxylic acids is 1. The summed E-state index contributed by atoms with van der Waals surface area (Å²) in [6.45, 7) is 5.93. The van der Waals surface area contributed by atoms with E-state index in [9.17, 15) is 9.59 Å². The number of hydrogen-bond acceptors (Lipinski definition) is 3. The van der Waals surface area contributed by atoms with E-state index in [0.717, 1.165) is 0 Å². The topological polar surface area (TPSA) is 69.6 Å². The van der Waals surface area contributed by atoms with Crippen molar-refractivity contribution >= 4 is 11.9 Å². The van der Waals surface area contributed by atoms with Gasteiger partial charge in [-0.25, -0.2) is 0 Å². The molecule has 2 rings (SSSR count). The minimum atomic E-state index is -0.724. The van der Waals surface area contributed by atoms with Crippen molar-refractivity contribution in [2.45, 2.75) is 38.6 Å². The molecular weight excluding hydrogens is 292 g/mol. The third-order valence-corrected chi connectivity index (χ3v) is 4.76. The van der Waals surface area contributed by atoms with E-state index < -0.39 is 5.97 Å². The molecule has 1 fully saturated rings. The zero-order valence-corrected chi connectivity index (χ0v) is 13.9. The van der Waals surface area contributed by atoms with E-state index in [0.29, 0.717) is 32.5 Å². The summed E-state index contributed by atoms with van der Waals surface area (Å²) in [6.07, 6.45) is 1.24. The van der Waals surface area contributed by atoms with Crippen LogP contribution in [0.2, 0.25) is 0 Å². The van der Waals surface area contributed by atoms with Crippen LogP contribution in [0.4, 0.5) is 0 Å². The lowest BCUT2D eigenvalue weighted by atomic mass is 9.96. The van der Waals surface area contributed by atoms with Crippen LogP contribution in [-0.4, -0.2) is 47.6 Å². The SMILES string of the molecule is CC(CNC(=O)C(C)N1CCC(C(=O)O)CC1)c1ccccc1. The predicted octanol–water partition coefficient (Wildman–Crippen LogP) is 2.09. The van der Waals surface area contributed by atoms with Crippen LogP contribution in [0, 0.1) is 5.92 Å². The summed E-state index contributed by atoms with van der Waals surface area (Å²) >= 11 is 0. The molecule has 1 aromatic rings. The Kier molecular flexibility index (Phi) is 6.16. The van der Waals surface area contributed by atoms with Crippen LogP contribution in [0.1, 0.15) is 38.2 Å². The van der Waals surface area contributed by atoms with Gasteiger partial charge in [-0.3, -0.25) is 14.5 Å². The standard InChI is InChI=1S/C18H26N2O3/c1-13(15-6-4-3-5-7-15)12-19-17(21)14(2)20-10-8-16(9-11-20)18(22)23/h3-7,13-14,16H,8-12H2,1-2H3,(H,19,21)(H,22,23). The van der Waals surface area contributed by atoms with Crippen molar-refractivity contribution in [2.75, 3.05) is 19.6 Å². The van der Waals surface area contributed by atoms with Gasteiger partial charge in [-0.2, -0.15) is 0 Å². The first-order valence-corrected chi connectivity index (χ1v) is 8.28. The Labute approximate surface area is 137 Å². The van der Waals surface area contributed by atoms with Crippen LogP contribution in [-0.2, 0) is 9.59 Å². The van der Waals surface area contributed by atoms with Gasteiger partial charge in [0.2, 0.25) is 5.91 Å². The van der Waals surface area contributed by atoms with Gasteiger partial charge in [0.1, 0.15) is 0 Å². The van der Waals surface area contributed by atoms with E-state index >= 15 is 0 Å². The minimum Gasteiger partial charge on any atom is -0.481 e. The second-order valence-electron chi connectivity index (χ2n) is 6.38. The number of amides is 1. The van der Waals surface area contributed by atoms with Crippen molar-refractivity contribution in [3.05, 3.63) is 35.9 Å². The molecule has 1 aromatic carbocycles. The maximum Gasteiger partial charge on any atom is 0.306 e. The van der Waals surface area contributed by atoms with Crippen LogP contribution in [0.15, 0.2) is 30.3 Å². The van der Waals surface area contributed by atoms with E-state index in [4.69, 9.17) is 5.11 Å². The Balaban J connectivity index is 1.78. The monoisotopic (exact) mass is 318 g/mol. The number of carbonyl (C=O) groups is 2. The smallest absolute Gasteiger partial charge is 0.306 e. The second kappa shape index (κ2) is 8.11. The molecule has 1 aliphatic heterocycles. The number of nitrogens with one attached hydrogen (secondary N) is 1. The van der Waals surface area contributed by atoms with Crippen LogP contribution in [0.25, 0.3) is 0 Å². The molecule has 2 N–H and O–H groups in total. The first kappa shape index (κ1) is 17.5. The average molecular weight is 318 g/mol. The number of rotatable bonds is 6. The number of carboxylic acids is 1. The molecule has 2 unspecified atom stereocenters. The van der Waals surface area contributed by atoms with E-state index in [1.165, 1.54) is 5.56 Å². The third kappa shape index (κ3) is 4.79. The molecule has 1 amide bonds. The molecule has 126 valence electrons. The summed E-state index contributed by atoms with van der Waals surface area (Å²) in [7, 11) is 0. The second-order valence-corrected chi connectivity index (χ2v) is 6.38. The lowest BCUT2D eigenvalue weighted by Gasteiger charge is -2.34. The lowest BCUT2D eigenvalue weighted by Crippen LogP contribution is -2.49. The first-order valence-electron chi connectivity index (χ1n) is 8.28. The largest absolute Gasteiger partial charge is 0.481 e. The average Bonchev–Trinajstić information content (AvgIpc) is 2.59. The van der Waals surface area contributed by atoms with E-state index in [1.54, 1.807) is 0 Å². The Morgan fingerprint density at radius 3 is 2.39 bits per heavy atom. The number of aliphatic carboxylic acids is 1. The molecule has 0 radical (unpaired) electrons. The highest BCUT2D eigenvalue weighted by molar-refractivity contribution is 5.81. The van der Waals surface area contributed by atoms with Crippen LogP contribution >= 0.6 is 0 Å². The van der Waals surface area contributed by atoms with Crippen LogP contribution < -0.4 is 5.32 Å². The number of piperidine rings is 1. The Hall–Kier alpha value is -1.88. The molecule has 23 heavy (non-hydrogen) atoms. The quantitative estimate of drug-likeness (QED) is 0.843. The lowest BCUT2D eigenvalue weighted by molar-refractivity contribution is -0.143. The molecule has 0 spiro atoms. The maximum absolute atomic E-state index is 12.3. The molecule has 5 nitrogen and oxygen atoms in total. The van der Waals surface area contributed by atoms with E-state index in [2.05, 4.69) is 29.3 Å². The summed E-state index contributed by atoms with van der Waals surface area (Å²) in [5.74, 6) is -0.704. The fourth-order valence-corrected chi connectivity index (χ4v) is 3.00. The van der Waals surface area contributed by atoms with Crippen molar-refractivity contribution in [3.8, 4) is 0 Å². The van der Waals surface area contributed by atoms with Gasteiger partial charge in [-0.15, -0.1) is 0 Å². The summed E-state index contributed by atoms with van der Waals surface area (Å²) in [4.78, 5) is 25.4. The molecule has 0 bridgehead atoms. The van der Waals surface area contributed by atoms with E-state index in [1.807, 2.05) is 25.1 Å². The van der Waals surface area contributed by atoms with Gasteiger partial charge in [0.05, 0.1) is 12.0 Å². The Bertz CT molecular complexity index is 524. The summed E-state index contributed by atoms with van der Waals surface area (Å²) < 4.78 is 0. The molecular formula is C18H26N2O3. The van der Waals surface area contributed by atoms with Crippen LogP contribution in [0.3, 0.4) is 0 Å². The van der Waals surface area contributed by atoms with Crippen molar-refractivity contribution in [2.24, 2.45) is 5.92 Å². The fourth-order valence-electron chi connectivity index (χ4n) is 3.00. The minimum absolute atomic E-state index is 0.0153. The highest BCUT2D eigenvalue weighted by Crippen LogP contribution is 2.19. The van der Waals surface area contributed by atoms with Crippen molar-refractivity contribution < 1.29 is 14.7 Å². The van der Waals surface area contributed by atoms with Gasteiger partial charge in [0.25, 0.3) is 0 Å². The van der Waals surface area contributed by atoms with Gasteiger partial charge in [-0.05, 0) is 44.3 Å². The van der Waals surface area contributed by atoms with Crippen molar-refractivity contribution in [3.63, 3.8) is 0 Å². The fraction of sp³-hybridized carbons (Fsp3) is 0.556. The molecule has 1 aliphatic rings. The van der Waals surface area contributed by atoms with Gasteiger partial charge < -0.3 is 10.4 Å². The third-order valence-electron chi connectivity index (χ3n) is 4.76. The first-order chi connectivity index (χ1) is 11.0. The normalized spacial score (nSPS) is 19.0. The summed E-state index contributed by atoms with van der Waals surface area (Å²) in [6, 6.07) is 9.91. The molecule has 5 heteroatoms. The number of nitrogens with zero attached hydrogens (tertiary/aromatic N) is 1. The van der Waals surface area contributed by atoms with Gasteiger partial charge in [0.15, 0.2) is 0 Å². The number of carboxylic acid groups (broad SMARTS) is 1. The number of benzene rings is 1. The van der Waals surface area contributed by atoms with Gasteiger partial charge in [0, 0.05) is 6.54 Å². The summed E-state index contributed by atoms with van der Waals surface area (Å²) in [5, 5.41) is 12.0. The highest BCUT2D eigenvalue weighted by Gasteiger charge is 2.29. The predicted molar refractivity (Wildman–Crippen MR) is 89.3 cm³/mol. The highest BCUT2D eigenvalue weighted by atomic mass is 16.4. The van der Waals surface area contributed by atoms with E-state index in [-0.39, 0.29) is 23.8 Å². The molecule has 2 atom stereocenters. The Morgan fingerprint density at radius 2 is 1.83 bits per heavy atom. The Morgan fingerprint density at radius 1 is 1.22 bits per heavy atom. The van der Waals surface area contributed by atoms with Crippen LogP contribution in [0.5, 0.6) is 0 Å².